The number of benzene rings is 2. The third kappa shape index (κ3) is 3.54. The predicted molar refractivity (Wildman–Crippen MR) is 83.9 cm³/mol. The molecule has 108 valence electrons. The molecule has 1 saturated heterocycles. The van der Waals surface area contributed by atoms with Crippen LogP contribution in [0.25, 0.3) is 0 Å². The Balaban J connectivity index is 1.73. The summed E-state index contributed by atoms with van der Waals surface area (Å²) in [6.07, 6.45) is 0.104. The fraction of sp³-hybridized carbons (Fsp3) is 0.188. The van der Waals surface area contributed by atoms with Crippen molar-refractivity contribution < 1.29 is 4.79 Å². The van der Waals surface area contributed by atoms with Crippen molar-refractivity contribution >= 4 is 23.2 Å². The maximum absolute atomic E-state index is 11.9. The minimum Gasteiger partial charge on any atom is -0.353 e. The van der Waals surface area contributed by atoms with E-state index in [-0.39, 0.29) is 18.2 Å². The molecule has 1 aliphatic heterocycles. The van der Waals surface area contributed by atoms with Gasteiger partial charge in [-0.15, -0.1) is 0 Å². The van der Waals surface area contributed by atoms with Crippen LogP contribution in [0.5, 0.6) is 0 Å². The lowest BCUT2D eigenvalue weighted by Gasteiger charge is -2.32. The van der Waals surface area contributed by atoms with E-state index in [2.05, 4.69) is 16.0 Å². The van der Waals surface area contributed by atoms with Gasteiger partial charge in [0.2, 0.25) is 5.91 Å². The van der Waals surface area contributed by atoms with Crippen molar-refractivity contribution in [3.05, 3.63) is 65.2 Å². The number of halogens is 1. The zero-order valence-corrected chi connectivity index (χ0v) is 12.1. The molecule has 21 heavy (non-hydrogen) atoms. The van der Waals surface area contributed by atoms with E-state index >= 15 is 0 Å². The molecule has 0 bridgehead atoms. The van der Waals surface area contributed by atoms with Gasteiger partial charge in [-0.05, 0) is 23.8 Å². The molecule has 0 aromatic heterocycles. The molecule has 4 nitrogen and oxygen atoms in total. The summed E-state index contributed by atoms with van der Waals surface area (Å²) in [6.45, 7) is 0. The van der Waals surface area contributed by atoms with Crippen LogP contribution >= 0.6 is 11.6 Å². The lowest BCUT2D eigenvalue weighted by molar-refractivity contribution is -0.124. The molecule has 1 heterocycles. The van der Waals surface area contributed by atoms with Crippen LogP contribution in [0.4, 0.5) is 5.69 Å². The van der Waals surface area contributed by atoms with Gasteiger partial charge in [0.25, 0.3) is 0 Å². The fourth-order valence-electron chi connectivity index (χ4n) is 2.43. The molecule has 2 aromatic carbocycles. The maximum Gasteiger partial charge on any atom is 0.224 e. The van der Waals surface area contributed by atoms with Gasteiger partial charge in [-0.3, -0.25) is 10.1 Å². The third-order valence-electron chi connectivity index (χ3n) is 3.40. The highest BCUT2D eigenvalue weighted by atomic mass is 35.5. The lowest BCUT2D eigenvalue weighted by Crippen LogP contribution is -2.56. The number of anilines is 1. The first-order chi connectivity index (χ1) is 10.2. The quantitative estimate of drug-likeness (QED) is 0.817. The average Bonchev–Trinajstić information content (AvgIpc) is 2.47. The summed E-state index contributed by atoms with van der Waals surface area (Å²) < 4.78 is 0. The van der Waals surface area contributed by atoms with Crippen LogP contribution in [0.1, 0.15) is 18.0 Å². The van der Waals surface area contributed by atoms with Gasteiger partial charge in [0.15, 0.2) is 6.29 Å². The zero-order valence-electron chi connectivity index (χ0n) is 11.3. The van der Waals surface area contributed by atoms with E-state index in [1.54, 1.807) is 0 Å². The molecular formula is C16H16ClN3O. The maximum atomic E-state index is 11.9. The molecule has 2 unspecified atom stereocenters. The van der Waals surface area contributed by atoms with Gasteiger partial charge in [0.1, 0.15) is 0 Å². The van der Waals surface area contributed by atoms with Crippen LogP contribution in [0, 0.1) is 0 Å². The van der Waals surface area contributed by atoms with Crippen molar-refractivity contribution in [1.29, 1.82) is 0 Å². The van der Waals surface area contributed by atoms with Crippen LogP contribution in [0.2, 0.25) is 5.02 Å². The van der Waals surface area contributed by atoms with Gasteiger partial charge < -0.3 is 10.6 Å². The van der Waals surface area contributed by atoms with Crippen LogP contribution in [0.15, 0.2) is 54.6 Å². The van der Waals surface area contributed by atoms with Crippen molar-refractivity contribution in [3.8, 4) is 0 Å². The molecule has 2 aromatic rings. The highest BCUT2D eigenvalue weighted by Gasteiger charge is 2.26. The fourth-order valence-corrected chi connectivity index (χ4v) is 2.62. The Morgan fingerprint density at radius 1 is 1.10 bits per heavy atom. The molecule has 3 N–H and O–H groups in total. The normalized spacial score (nSPS) is 21.7. The molecule has 3 rings (SSSR count). The summed E-state index contributed by atoms with van der Waals surface area (Å²) in [4.78, 5) is 11.9. The topological polar surface area (TPSA) is 53.2 Å². The number of hydrogen-bond acceptors (Lipinski definition) is 3. The van der Waals surface area contributed by atoms with Crippen LogP contribution < -0.4 is 16.0 Å². The van der Waals surface area contributed by atoms with Crippen LogP contribution in [-0.4, -0.2) is 12.2 Å². The van der Waals surface area contributed by atoms with E-state index in [1.807, 2.05) is 54.6 Å². The molecule has 5 heteroatoms. The van der Waals surface area contributed by atoms with Crippen LogP contribution in [0.3, 0.4) is 0 Å². The Labute approximate surface area is 128 Å². The highest BCUT2D eigenvalue weighted by molar-refractivity contribution is 6.30. The predicted octanol–water partition coefficient (Wildman–Crippen LogP) is 2.89. The molecule has 1 fully saturated rings. The smallest absolute Gasteiger partial charge is 0.224 e. The molecular weight excluding hydrogens is 286 g/mol. The van der Waals surface area contributed by atoms with E-state index in [0.29, 0.717) is 11.4 Å². The van der Waals surface area contributed by atoms with Crippen molar-refractivity contribution in [2.45, 2.75) is 18.8 Å². The van der Waals surface area contributed by atoms with Crippen LogP contribution in [-0.2, 0) is 4.79 Å². The number of carbonyl (C=O) groups excluding carboxylic acids is 1. The summed E-state index contributed by atoms with van der Waals surface area (Å²) in [6, 6.07) is 17.4. The van der Waals surface area contributed by atoms with Crippen molar-refractivity contribution in [1.82, 2.24) is 10.6 Å². The van der Waals surface area contributed by atoms with E-state index in [1.165, 1.54) is 0 Å². The SMILES string of the molecule is O=C1CC(c2ccccc2)NC(Nc2cccc(Cl)c2)N1. The monoisotopic (exact) mass is 301 g/mol. The second kappa shape index (κ2) is 6.16. The van der Waals surface area contributed by atoms with Gasteiger partial charge in [-0.1, -0.05) is 48.0 Å². The Bertz CT molecular complexity index is 632. The molecule has 0 radical (unpaired) electrons. The molecule has 0 aliphatic carbocycles. The van der Waals surface area contributed by atoms with E-state index < -0.39 is 0 Å². The molecule has 1 aliphatic rings. The Kier molecular flexibility index (Phi) is 4.08. The Morgan fingerprint density at radius 2 is 1.90 bits per heavy atom. The van der Waals surface area contributed by atoms with Crippen molar-refractivity contribution in [3.63, 3.8) is 0 Å². The number of carbonyl (C=O) groups is 1. The van der Waals surface area contributed by atoms with Gasteiger partial charge in [0, 0.05) is 23.2 Å². The molecule has 1 amide bonds. The first-order valence-electron chi connectivity index (χ1n) is 6.83. The second-order valence-electron chi connectivity index (χ2n) is 4.99. The largest absolute Gasteiger partial charge is 0.353 e. The minimum absolute atomic E-state index is 0.00312. The molecule has 0 saturated carbocycles. The first-order valence-corrected chi connectivity index (χ1v) is 7.21. The van der Waals surface area contributed by atoms with Crippen molar-refractivity contribution in [2.24, 2.45) is 0 Å². The third-order valence-corrected chi connectivity index (χ3v) is 3.64. The van der Waals surface area contributed by atoms with Gasteiger partial charge in [0.05, 0.1) is 0 Å². The summed E-state index contributed by atoms with van der Waals surface area (Å²) in [5.41, 5.74) is 1.96. The molecule has 0 spiro atoms. The summed E-state index contributed by atoms with van der Waals surface area (Å²) in [7, 11) is 0. The first kappa shape index (κ1) is 13.9. The highest BCUT2D eigenvalue weighted by Crippen LogP contribution is 2.21. The second-order valence-corrected chi connectivity index (χ2v) is 5.43. The van der Waals surface area contributed by atoms with Gasteiger partial charge in [-0.25, -0.2) is 0 Å². The number of nitrogens with one attached hydrogen (secondary N) is 3. The van der Waals surface area contributed by atoms with E-state index in [4.69, 9.17) is 11.6 Å². The lowest BCUT2D eigenvalue weighted by atomic mass is 10.0. The van der Waals surface area contributed by atoms with E-state index in [9.17, 15) is 4.79 Å². The zero-order chi connectivity index (χ0) is 14.7. The van der Waals surface area contributed by atoms with E-state index in [0.717, 1.165) is 11.3 Å². The minimum atomic E-state index is -0.324. The Hall–Kier alpha value is -2.04. The standard InChI is InChI=1S/C16H16ClN3O/c17-12-7-4-8-13(9-12)18-16-19-14(10-15(21)20-16)11-5-2-1-3-6-11/h1-9,14,16,18-19H,10H2,(H,20,21). The number of hydrogen-bond donors (Lipinski definition) is 3. The number of amides is 1. The summed E-state index contributed by atoms with van der Waals surface area (Å²) in [5.74, 6) is 0.0159. The average molecular weight is 302 g/mol. The summed E-state index contributed by atoms with van der Waals surface area (Å²) in [5, 5.41) is 10.1. The van der Waals surface area contributed by atoms with Crippen molar-refractivity contribution in [2.75, 3.05) is 5.32 Å². The van der Waals surface area contributed by atoms with Gasteiger partial charge in [-0.2, -0.15) is 0 Å². The van der Waals surface area contributed by atoms with Gasteiger partial charge >= 0.3 is 0 Å². The molecule has 2 atom stereocenters. The number of rotatable bonds is 3. The summed E-state index contributed by atoms with van der Waals surface area (Å²) >= 11 is 5.97. The Morgan fingerprint density at radius 3 is 2.67 bits per heavy atom.